The summed E-state index contributed by atoms with van der Waals surface area (Å²) in [6.45, 7) is 4.25. The van der Waals surface area contributed by atoms with Gasteiger partial charge in [-0.25, -0.2) is 4.98 Å². The average Bonchev–Trinajstić information content (AvgIpc) is 3.32. The van der Waals surface area contributed by atoms with E-state index in [2.05, 4.69) is 29.4 Å². The fourth-order valence-electron chi connectivity index (χ4n) is 4.72. The zero-order valence-corrected chi connectivity index (χ0v) is 23.8. The van der Waals surface area contributed by atoms with Gasteiger partial charge in [0.1, 0.15) is 5.75 Å². The highest BCUT2D eigenvalue weighted by Gasteiger charge is 2.20. The highest BCUT2D eigenvalue weighted by molar-refractivity contribution is 7.22. The molecule has 0 aliphatic heterocycles. The van der Waals surface area contributed by atoms with Crippen molar-refractivity contribution >= 4 is 32.6 Å². The van der Waals surface area contributed by atoms with Crippen molar-refractivity contribution in [2.45, 2.75) is 116 Å². The zero-order chi connectivity index (χ0) is 26.1. The van der Waals surface area contributed by atoms with E-state index in [-0.39, 0.29) is 5.91 Å². The fourth-order valence-corrected chi connectivity index (χ4v) is 5.59. The van der Waals surface area contributed by atoms with E-state index in [4.69, 9.17) is 4.74 Å². The second-order valence-corrected chi connectivity index (χ2v) is 11.2. The van der Waals surface area contributed by atoms with Gasteiger partial charge in [-0.2, -0.15) is 0 Å². The Hall–Kier alpha value is -2.40. The van der Waals surface area contributed by atoms with E-state index >= 15 is 0 Å². The minimum absolute atomic E-state index is 0.150. The van der Waals surface area contributed by atoms with Crippen LogP contribution in [0.25, 0.3) is 10.2 Å². The molecule has 0 radical (unpaired) electrons. The van der Waals surface area contributed by atoms with Crippen LogP contribution in [-0.4, -0.2) is 17.0 Å². The molecule has 37 heavy (non-hydrogen) atoms. The van der Waals surface area contributed by atoms with Gasteiger partial charge in [-0.1, -0.05) is 126 Å². The van der Waals surface area contributed by atoms with Crippen molar-refractivity contribution in [2.75, 3.05) is 5.32 Å². The molecule has 0 aliphatic rings. The van der Waals surface area contributed by atoms with Crippen molar-refractivity contribution in [1.29, 1.82) is 0 Å². The number of ether oxygens (including phenoxy) is 1. The Balaban J connectivity index is 1.31. The molecule has 0 bridgehead atoms. The molecule has 1 heterocycles. The normalized spacial score (nSPS) is 12.1. The van der Waals surface area contributed by atoms with E-state index in [0.717, 1.165) is 22.4 Å². The zero-order valence-electron chi connectivity index (χ0n) is 23.0. The quantitative estimate of drug-likeness (QED) is 0.159. The lowest BCUT2D eigenvalue weighted by molar-refractivity contribution is -0.122. The number of benzene rings is 2. The number of carbonyl (C=O) groups is 1. The number of fused-ring (bicyclic) bond motifs is 1. The number of nitrogens with one attached hydrogen (secondary N) is 1. The van der Waals surface area contributed by atoms with Gasteiger partial charge < -0.3 is 4.74 Å². The lowest BCUT2D eigenvalue weighted by Gasteiger charge is -2.17. The second-order valence-electron chi connectivity index (χ2n) is 10.1. The van der Waals surface area contributed by atoms with Crippen LogP contribution >= 0.6 is 11.3 Å². The Bertz CT molecular complexity index is 1010. The van der Waals surface area contributed by atoms with Crippen molar-refractivity contribution < 1.29 is 9.53 Å². The molecule has 202 valence electrons. The molecule has 5 heteroatoms. The summed E-state index contributed by atoms with van der Waals surface area (Å²) in [6, 6.07) is 16.1. The Labute approximate surface area is 228 Å². The number of para-hydroxylation sites is 1. The fraction of sp³-hybridized carbons (Fsp3) is 0.562. The van der Waals surface area contributed by atoms with Crippen LogP contribution in [0.15, 0.2) is 48.5 Å². The van der Waals surface area contributed by atoms with Gasteiger partial charge in [0, 0.05) is 0 Å². The van der Waals surface area contributed by atoms with Gasteiger partial charge in [-0.05, 0) is 49.1 Å². The summed E-state index contributed by atoms with van der Waals surface area (Å²) in [6.07, 6.45) is 18.9. The maximum Gasteiger partial charge on any atom is 0.267 e. The molecule has 1 N–H and O–H groups in total. The van der Waals surface area contributed by atoms with Crippen molar-refractivity contribution in [1.82, 2.24) is 4.98 Å². The first-order valence-electron chi connectivity index (χ1n) is 14.6. The molecule has 0 fully saturated rings. The van der Waals surface area contributed by atoms with E-state index in [1.165, 1.54) is 100 Å². The second kappa shape index (κ2) is 17.2. The lowest BCUT2D eigenvalue weighted by Crippen LogP contribution is -2.32. The number of nitrogens with zero attached hydrogens (tertiary/aromatic N) is 1. The van der Waals surface area contributed by atoms with Crippen molar-refractivity contribution in [3.8, 4) is 5.75 Å². The number of carbonyl (C=O) groups excluding carboxylic acids is 1. The molecular weight excluding hydrogens is 476 g/mol. The number of anilines is 1. The smallest absolute Gasteiger partial charge is 0.267 e. The number of aryl methyl sites for hydroxylation is 1. The Morgan fingerprint density at radius 3 is 2.14 bits per heavy atom. The third-order valence-corrected chi connectivity index (χ3v) is 7.88. The van der Waals surface area contributed by atoms with Crippen LogP contribution in [0.4, 0.5) is 5.13 Å². The Morgan fingerprint density at radius 1 is 0.838 bits per heavy atom. The average molecular weight is 523 g/mol. The number of hydrogen-bond donors (Lipinski definition) is 1. The van der Waals surface area contributed by atoms with E-state index in [0.29, 0.717) is 11.6 Å². The molecule has 2 aromatic carbocycles. The van der Waals surface area contributed by atoms with Gasteiger partial charge in [0.15, 0.2) is 11.2 Å². The summed E-state index contributed by atoms with van der Waals surface area (Å²) in [4.78, 5) is 17.4. The van der Waals surface area contributed by atoms with Gasteiger partial charge in [0.05, 0.1) is 10.2 Å². The van der Waals surface area contributed by atoms with Crippen LogP contribution in [0.5, 0.6) is 5.75 Å². The standard InChI is InChI=1S/C32H46N2O2S/c1-3-5-6-7-8-9-10-11-12-13-14-15-16-20-26-21-19-22-27(25-26)36-29(4-2)31(35)34-32-33-28-23-17-18-24-30(28)37-32/h17-19,21-25,29H,3-16,20H2,1-2H3,(H,33,34,35). The predicted octanol–water partition coefficient (Wildman–Crippen LogP) is 9.73. The summed E-state index contributed by atoms with van der Waals surface area (Å²) in [5.74, 6) is 0.613. The first-order chi connectivity index (χ1) is 18.2. The maximum atomic E-state index is 12.8. The lowest BCUT2D eigenvalue weighted by atomic mass is 10.0. The summed E-state index contributed by atoms with van der Waals surface area (Å²) in [7, 11) is 0. The van der Waals surface area contributed by atoms with Gasteiger partial charge in [-0.15, -0.1) is 0 Å². The van der Waals surface area contributed by atoms with Crippen LogP contribution in [0.3, 0.4) is 0 Å². The van der Waals surface area contributed by atoms with Crippen molar-refractivity contribution in [3.63, 3.8) is 0 Å². The first-order valence-corrected chi connectivity index (χ1v) is 15.4. The summed E-state index contributed by atoms with van der Waals surface area (Å²) in [5.41, 5.74) is 2.18. The Kier molecular flexibility index (Phi) is 13.5. The van der Waals surface area contributed by atoms with E-state index in [9.17, 15) is 4.79 Å². The third kappa shape index (κ3) is 10.9. The molecule has 4 nitrogen and oxygen atoms in total. The van der Waals surface area contributed by atoms with Crippen LogP contribution in [0.1, 0.15) is 109 Å². The summed E-state index contributed by atoms with van der Waals surface area (Å²) >= 11 is 1.49. The maximum absolute atomic E-state index is 12.8. The molecule has 0 saturated heterocycles. The highest BCUT2D eigenvalue weighted by atomic mass is 32.1. The molecule has 3 aromatic rings. The van der Waals surface area contributed by atoms with Crippen LogP contribution in [0.2, 0.25) is 0 Å². The largest absolute Gasteiger partial charge is 0.481 e. The minimum atomic E-state index is -0.543. The molecule has 0 saturated carbocycles. The molecule has 1 unspecified atom stereocenters. The first kappa shape index (κ1) is 29.2. The number of amides is 1. The molecular formula is C32H46N2O2S. The Morgan fingerprint density at radius 2 is 1.49 bits per heavy atom. The van der Waals surface area contributed by atoms with E-state index < -0.39 is 6.10 Å². The number of thiazole rings is 1. The SMILES string of the molecule is CCCCCCCCCCCCCCCc1cccc(OC(CC)C(=O)Nc2nc3ccccc3s2)c1. The summed E-state index contributed by atoms with van der Waals surface area (Å²) in [5, 5.41) is 3.56. The molecule has 1 aromatic heterocycles. The molecule has 1 atom stereocenters. The van der Waals surface area contributed by atoms with Gasteiger partial charge in [0.2, 0.25) is 0 Å². The summed E-state index contributed by atoms with van der Waals surface area (Å²) < 4.78 is 7.16. The predicted molar refractivity (Wildman–Crippen MR) is 159 cm³/mol. The number of rotatable bonds is 19. The topological polar surface area (TPSA) is 51.2 Å². The molecule has 1 amide bonds. The van der Waals surface area contributed by atoms with E-state index in [1.807, 2.05) is 43.3 Å². The highest BCUT2D eigenvalue weighted by Crippen LogP contribution is 2.26. The van der Waals surface area contributed by atoms with Crippen LogP contribution in [-0.2, 0) is 11.2 Å². The monoisotopic (exact) mass is 522 g/mol. The van der Waals surface area contributed by atoms with Gasteiger partial charge >= 0.3 is 0 Å². The number of aromatic nitrogens is 1. The van der Waals surface area contributed by atoms with Gasteiger partial charge in [-0.3, -0.25) is 10.1 Å². The minimum Gasteiger partial charge on any atom is -0.481 e. The van der Waals surface area contributed by atoms with Crippen molar-refractivity contribution in [3.05, 3.63) is 54.1 Å². The van der Waals surface area contributed by atoms with Gasteiger partial charge in [0.25, 0.3) is 5.91 Å². The molecule has 0 spiro atoms. The number of hydrogen-bond acceptors (Lipinski definition) is 4. The number of unbranched alkanes of at least 4 members (excludes halogenated alkanes) is 12. The molecule has 3 rings (SSSR count). The molecule has 0 aliphatic carbocycles. The van der Waals surface area contributed by atoms with Crippen molar-refractivity contribution in [2.24, 2.45) is 0 Å². The van der Waals surface area contributed by atoms with Crippen LogP contribution < -0.4 is 10.1 Å². The van der Waals surface area contributed by atoms with Crippen LogP contribution in [0, 0.1) is 0 Å². The third-order valence-electron chi connectivity index (χ3n) is 6.93. The van der Waals surface area contributed by atoms with E-state index in [1.54, 1.807) is 0 Å².